The zero-order chi connectivity index (χ0) is 13.4. The Hall–Kier alpha value is -1.16. The number of aliphatic hydroxyl groups is 1. The number of aryl methyl sites for hydroxylation is 1. The lowest BCUT2D eigenvalue weighted by Gasteiger charge is -2.24. The number of rotatable bonds is 8. The van der Waals surface area contributed by atoms with Crippen LogP contribution < -0.4 is 5.32 Å². The van der Waals surface area contributed by atoms with Crippen LogP contribution in [0, 0.1) is 5.41 Å². The summed E-state index contributed by atoms with van der Waals surface area (Å²) >= 11 is 0. The Morgan fingerprint density at radius 1 is 1.33 bits per heavy atom. The highest BCUT2D eigenvalue weighted by Crippen LogP contribution is 2.22. The molecule has 4 nitrogen and oxygen atoms in total. The number of aromatic nitrogens is 2. The first-order chi connectivity index (χ1) is 8.57. The van der Waals surface area contributed by atoms with E-state index in [-0.39, 0.29) is 12.0 Å². The maximum atomic E-state index is 8.87. The molecule has 1 rings (SSSR count). The molecular weight excluding hydrogens is 226 g/mol. The van der Waals surface area contributed by atoms with Crippen LogP contribution in [0.5, 0.6) is 0 Å². The van der Waals surface area contributed by atoms with Gasteiger partial charge in [-0.15, -0.1) is 0 Å². The van der Waals surface area contributed by atoms with Gasteiger partial charge in [0.1, 0.15) is 12.1 Å². The lowest BCUT2D eigenvalue weighted by Crippen LogP contribution is -2.23. The normalized spacial score (nSPS) is 11.6. The van der Waals surface area contributed by atoms with Gasteiger partial charge < -0.3 is 10.4 Å². The molecule has 0 aromatic carbocycles. The molecule has 0 fully saturated rings. The van der Waals surface area contributed by atoms with Crippen molar-refractivity contribution in [2.45, 2.75) is 46.5 Å². The molecule has 1 aromatic rings. The van der Waals surface area contributed by atoms with Crippen LogP contribution in [0.1, 0.15) is 45.7 Å². The molecular formula is C14H25N3O. The summed E-state index contributed by atoms with van der Waals surface area (Å²) in [4.78, 5) is 8.47. The SMILES string of the molecule is CCCc1cc(NCC(C)(C)CCCO)ncn1. The van der Waals surface area contributed by atoms with E-state index in [0.717, 1.165) is 43.7 Å². The topological polar surface area (TPSA) is 58.0 Å². The van der Waals surface area contributed by atoms with Gasteiger partial charge in [0.2, 0.25) is 0 Å². The predicted octanol–water partition coefficient (Wildman–Crippen LogP) is 2.64. The maximum Gasteiger partial charge on any atom is 0.129 e. The maximum absolute atomic E-state index is 8.87. The Bertz CT molecular complexity index is 353. The fourth-order valence-corrected chi connectivity index (χ4v) is 1.86. The average molecular weight is 251 g/mol. The summed E-state index contributed by atoms with van der Waals surface area (Å²) in [6.07, 6.45) is 5.56. The molecule has 0 aliphatic rings. The second-order valence-corrected chi connectivity index (χ2v) is 5.49. The van der Waals surface area contributed by atoms with Crippen LogP contribution >= 0.6 is 0 Å². The zero-order valence-electron chi connectivity index (χ0n) is 11.7. The highest BCUT2D eigenvalue weighted by molar-refractivity contribution is 5.35. The molecule has 0 radical (unpaired) electrons. The summed E-state index contributed by atoms with van der Waals surface area (Å²) in [5.41, 5.74) is 1.25. The Morgan fingerprint density at radius 2 is 2.11 bits per heavy atom. The highest BCUT2D eigenvalue weighted by atomic mass is 16.2. The van der Waals surface area contributed by atoms with E-state index in [4.69, 9.17) is 5.11 Å². The number of nitrogens with one attached hydrogen (secondary N) is 1. The van der Waals surface area contributed by atoms with Gasteiger partial charge in [0.05, 0.1) is 0 Å². The quantitative estimate of drug-likeness (QED) is 0.745. The molecule has 102 valence electrons. The van der Waals surface area contributed by atoms with Crippen LogP contribution in [0.2, 0.25) is 0 Å². The molecule has 0 aliphatic heterocycles. The van der Waals surface area contributed by atoms with Crippen molar-refractivity contribution >= 4 is 5.82 Å². The van der Waals surface area contributed by atoms with Crippen LogP contribution in [0.15, 0.2) is 12.4 Å². The minimum absolute atomic E-state index is 0.165. The molecule has 0 atom stereocenters. The van der Waals surface area contributed by atoms with Crippen molar-refractivity contribution in [1.29, 1.82) is 0 Å². The number of aliphatic hydroxyl groups excluding tert-OH is 1. The van der Waals surface area contributed by atoms with Crippen LogP contribution in [0.25, 0.3) is 0 Å². The van der Waals surface area contributed by atoms with Crippen molar-refractivity contribution in [3.63, 3.8) is 0 Å². The summed E-state index contributed by atoms with van der Waals surface area (Å²) in [5, 5.41) is 12.2. The molecule has 2 N–H and O–H groups in total. The van der Waals surface area contributed by atoms with Crippen molar-refractivity contribution in [2.75, 3.05) is 18.5 Å². The van der Waals surface area contributed by atoms with Crippen molar-refractivity contribution < 1.29 is 5.11 Å². The van der Waals surface area contributed by atoms with Crippen molar-refractivity contribution in [2.24, 2.45) is 5.41 Å². The molecule has 0 spiro atoms. The number of hydrogen-bond donors (Lipinski definition) is 2. The standard InChI is InChI=1S/C14H25N3O/c1-4-6-12-9-13(17-11-16-12)15-10-14(2,3)7-5-8-18/h9,11,18H,4-8,10H2,1-3H3,(H,15,16,17). The van der Waals surface area contributed by atoms with E-state index in [1.807, 2.05) is 6.07 Å². The molecule has 0 unspecified atom stereocenters. The van der Waals surface area contributed by atoms with E-state index in [9.17, 15) is 0 Å². The summed E-state index contributed by atoms with van der Waals surface area (Å²) in [7, 11) is 0. The minimum atomic E-state index is 0.165. The third-order valence-corrected chi connectivity index (χ3v) is 2.99. The Kier molecular flexibility index (Phi) is 6.05. The Labute approximate surface area is 110 Å². The van der Waals surface area contributed by atoms with Crippen LogP contribution in [0.4, 0.5) is 5.82 Å². The summed E-state index contributed by atoms with van der Waals surface area (Å²) in [6.45, 7) is 7.66. The third-order valence-electron chi connectivity index (χ3n) is 2.99. The Balaban J connectivity index is 2.49. The molecule has 0 amide bonds. The molecule has 0 saturated heterocycles. The first-order valence-corrected chi connectivity index (χ1v) is 6.73. The second-order valence-electron chi connectivity index (χ2n) is 5.49. The number of anilines is 1. The summed E-state index contributed by atoms with van der Waals surface area (Å²) in [6, 6.07) is 2.02. The molecule has 18 heavy (non-hydrogen) atoms. The van der Waals surface area contributed by atoms with Gasteiger partial charge in [0.15, 0.2) is 0 Å². The van der Waals surface area contributed by atoms with E-state index in [0.29, 0.717) is 0 Å². The second kappa shape index (κ2) is 7.31. The smallest absolute Gasteiger partial charge is 0.129 e. The van der Waals surface area contributed by atoms with E-state index in [1.54, 1.807) is 6.33 Å². The average Bonchev–Trinajstić information content (AvgIpc) is 2.35. The van der Waals surface area contributed by atoms with Gasteiger partial charge >= 0.3 is 0 Å². The van der Waals surface area contributed by atoms with Gasteiger partial charge in [-0.1, -0.05) is 27.2 Å². The molecule has 0 saturated carbocycles. The van der Waals surface area contributed by atoms with Crippen molar-refractivity contribution in [1.82, 2.24) is 9.97 Å². The van der Waals surface area contributed by atoms with Crippen LogP contribution in [-0.4, -0.2) is 28.2 Å². The third kappa shape index (κ3) is 5.45. The van der Waals surface area contributed by atoms with Gasteiger partial charge in [-0.3, -0.25) is 0 Å². The number of nitrogens with zero attached hydrogens (tertiary/aromatic N) is 2. The van der Waals surface area contributed by atoms with Crippen LogP contribution in [0.3, 0.4) is 0 Å². The first-order valence-electron chi connectivity index (χ1n) is 6.73. The fourth-order valence-electron chi connectivity index (χ4n) is 1.86. The van der Waals surface area contributed by atoms with Gasteiger partial charge in [-0.05, 0) is 24.7 Å². The lowest BCUT2D eigenvalue weighted by atomic mass is 9.88. The van der Waals surface area contributed by atoms with E-state index in [1.165, 1.54) is 0 Å². The van der Waals surface area contributed by atoms with Crippen molar-refractivity contribution in [3.05, 3.63) is 18.1 Å². The van der Waals surface area contributed by atoms with E-state index >= 15 is 0 Å². The Morgan fingerprint density at radius 3 is 2.78 bits per heavy atom. The minimum Gasteiger partial charge on any atom is -0.396 e. The summed E-state index contributed by atoms with van der Waals surface area (Å²) in [5.74, 6) is 0.894. The lowest BCUT2D eigenvalue weighted by molar-refractivity contribution is 0.248. The van der Waals surface area contributed by atoms with E-state index < -0.39 is 0 Å². The van der Waals surface area contributed by atoms with Gasteiger partial charge in [0, 0.05) is 24.9 Å². The predicted molar refractivity (Wildman–Crippen MR) is 74.6 cm³/mol. The van der Waals surface area contributed by atoms with Gasteiger partial charge in [-0.25, -0.2) is 9.97 Å². The molecule has 4 heteroatoms. The molecule has 0 aliphatic carbocycles. The van der Waals surface area contributed by atoms with Gasteiger partial charge in [-0.2, -0.15) is 0 Å². The number of hydrogen-bond acceptors (Lipinski definition) is 4. The largest absolute Gasteiger partial charge is 0.396 e. The van der Waals surface area contributed by atoms with Gasteiger partial charge in [0.25, 0.3) is 0 Å². The zero-order valence-corrected chi connectivity index (χ0v) is 11.7. The molecule has 1 heterocycles. The van der Waals surface area contributed by atoms with Crippen molar-refractivity contribution in [3.8, 4) is 0 Å². The monoisotopic (exact) mass is 251 g/mol. The summed E-state index contributed by atoms with van der Waals surface area (Å²) < 4.78 is 0. The fraction of sp³-hybridized carbons (Fsp3) is 0.714. The highest BCUT2D eigenvalue weighted by Gasteiger charge is 2.17. The molecule has 0 bridgehead atoms. The van der Waals surface area contributed by atoms with E-state index in [2.05, 4.69) is 36.1 Å². The first kappa shape index (κ1) is 14.9. The van der Waals surface area contributed by atoms with Crippen LogP contribution in [-0.2, 0) is 6.42 Å². The molecule has 1 aromatic heterocycles.